The monoisotopic (exact) mass is 424 g/mol. The third-order valence-corrected chi connectivity index (χ3v) is 5.07. The van der Waals surface area contributed by atoms with Crippen LogP contribution in [0, 0.1) is 5.82 Å². The van der Waals surface area contributed by atoms with Gasteiger partial charge in [-0.2, -0.15) is 0 Å². The molecule has 5 N–H and O–H groups in total. The second kappa shape index (κ2) is 7.64. The predicted molar refractivity (Wildman–Crippen MR) is 104 cm³/mol. The van der Waals surface area contributed by atoms with E-state index < -0.39 is 0 Å². The number of fused-ring (bicyclic) bond motifs is 1. The summed E-state index contributed by atoms with van der Waals surface area (Å²) in [5, 5.41) is 7.05. The molecule has 1 heterocycles. The van der Waals surface area contributed by atoms with E-state index in [0.717, 1.165) is 33.4 Å². The Morgan fingerprint density at radius 3 is 2.88 bits per heavy atom. The second-order valence-electron chi connectivity index (χ2n) is 5.88. The SMILES string of the molecule is C/C(NN)=C1/NCCC(Nc2c(F)cccc2Cl)c2cc(Br)ccc21. The van der Waals surface area contributed by atoms with Gasteiger partial charge < -0.3 is 16.1 Å². The van der Waals surface area contributed by atoms with E-state index in [2.05, 4.69) is 32.0 Å². The second-order valence-corrected chi connectivity index (χ2v) is 7.21. The quantitative estimate of drug-likeness (QED) is 0.431. The largest absolute Gasteiger partial charge is 0.383 e. The summed E-state index contributed by atoms with van der Waals surface area (Å²) in [4.78, 5) is 0. The summed E-state index contributed by atoms with van der Waals surface area (Å²) in [5.41, 5.74) is 6.86. The number of rotatable bonds is 3. The van der Waals surface area contributed by atoms with Gasteiger partial charge in [0.2, 0.25) is 0 Å². The molecule has 25 heavy (non-hydrogen) atoms. The zero-order valence-electron chi connectivity index (χ0n) is 13.7. The molecule has 0 fully saturated rings. The lowest BCUT2D eigenvalue weighted by Gasteiger charge is -2.22. The van der Waals surface area contributed by atoms with Crippen molar-refractivity contribution in [2.75, 3.05) is 11.9 Å². The number of benzene rings is 2. The summed E-state index contributed by atoms with van der Waals surface area (Å²) in [6, 6.07) is 10.6. The van der Waals surface area contributed by atoms with Crippen LogP contribution in [0.1, 0.15) is 30.5 Å². The van der Waals surface area contributed by atoms with Gasteiger partial charge in [0.15, 0.2) is 0 Å². The molecule has 3 rings (SSSR count). The van der Waals surface area contributed by atoms with Gasteiger partial charge in [-0.05, 0) is 43.2 Å². The molecule has 1 unspecified atom stereocenters. The lowest BCUT2D eigenvalue weighted by Crippen LogP contribution is -2.25. The molecule has 4 nitrogen and oxygen atoms in total. The third-order valence-electron chi connectivity index (χ3n) is 4.27. The van der Waals surface area contributed by atoms with Gasteiger partial charge in [0.1, 0.15) is 5.82 Å². The first kappa shape index (κ1) is 18.0. The van der Waals surface area contributed by atoms with Crippen molar-refractivity contribution in [2.45, 2.75) is 19.4 Å². The summed E-state index contributed by atoms with van der Waals surface area (Å²) >= 11 is 9.71. The van der Waals surface area contributed by atoms with Gasteiger partial charge in [-0.25, -0.2) is 4.39 Å². The zero-order chi connectivity index (χ0) is 18.0. The van der Waals surface area contributed by atoms with Crippen LogP contribution in [-0.2, 0) is 0 Å². The van der Waals surface area contributed by atoms with Gasteiger partial charge in [0.05, 0.1) is 22.4 Å². The fraction of sp³-hybridized carbons (Fsp3) is 0.222. The molecule has 0 aliphatic carbocycles. The van der Waals surface area contributed by atoms with Crippen LogP contribution >= 0.6 is 27.5 Å². The number of para-hydroxylation sites is 1. The lowest BCUT2D eigenvalue weighted by atomic mass is 9.97. The first-order valence-corrected chi connectivity index (χ1v) is 9.10. The molecule has 0 bridgehead atoms. The molecule has 0 saturated carbocycles. The normalized spacial score (nSPS) is 18.7. The third kappa shape index (κ3) is 3.76. The Morgan fingerprint density at radius 1 is 1.36 bits per heavy atom. The predicted octanol–water partition coefficient (Wildman–Crippen LogP) is 4.54. The highest BCUT2D eigenvalue weighted by Gasteiger charge is 2.24. The average molecular weight is 426 g/mol. The fourth-order valence-electron chi connectivity index (χ4n) is 3.01. The number of hydrogen-bond donors (Lipinski definition) is 4. The van der Waals surface area contributed by atoms with Crippen LogP contribution in [0.25, 0.3) is 5.70 Å². The van der Waals surface area contributed by atoms with E-state index in [9.17, 15) is 4.39 Å². The number of nitrogens with one attached hydrogen (secondary N) is 3. The first-order valence-electron chi connectivity index (χ1n) is 7.93. The molecule has 2 aromatic carbocycles. The average Bonchev–Trinajstić information content (AvgIpc) is 2.77. The molecule has 2 aromatic rings. The van der Waals surface area contributed by atoms with Crippen molar-refractivity contribution in [3.05, 3.63) is 68.5 Å². The summed E-state index contributed by atoms with van der Waals surface area (Å²) in [7, 11) is 0. The number of nitrogens with two attached hydrogens (primary N) is 1. The van der Waals surface area contributed by atoms with E-state index in [1.807, 2.05) is 25.1 Å². The Balaban J connectivity index is 2.08. The molecule has 1 atom stereocenters. The lowest BCUT2D eigenvalue weighted by molar-refractivity contribution is 0.619. The van der Waals surface area contributed by atoms with Crippen LogP contribution in [0.3, 0.4) is 0 Å². The number of halogens is 3. The summed E-state index contributed by atoms with van der Waals surface area (Å²) in [5.74, 6) is 5.24. The van der Waals surface area contributed by atoms with Crippen molar-refractivity contribution >= 4 is 38.9 Å². The van der Waals surface area contributed by atoms with Crippen molar-refractivity contribution in [3.8, 4) is 0 Å². The molecule has 0 amide bonds. The summed E-state index contributed by atoms with van der Waals surface area (Å²) in [6.07, 6.45) is 0.759. The van der Waals surface area contributed by atoms with Crippen molar-refractivity contribution in [1.29, 1.82) is 0 Å². The minimum absolute atomic E-state index is 0.0996. The standard InChI is InChI=1S/C18H19BrClFN4/c1-10(25-22)17-12-6-5-11(19)9-13(12)16(7-8-23-17)24-18-14(20)3-2-4-15(18)21/h2-6,9,16,23-25H,7-8,22H2,1H3/b17-10-. The van der Waals surface area contributed by atoms with Gasteiger partial charge in [-0.1, -0.05) is 39.7 Å². The smallest absolute Gasteiger partial charge is 0.147 e. The maximum absolute atomic E-state index is 14.2. The topological polar surface area (TPSA) is 62.1 Å². The Kier molecular flexibility index (Phi) is 5.51. The minimum atomic E-state index is -0.364. The minimum Gasteiger partial charge on any atom is -0.383 e. The van der Waals surface area contributed by atoms with Crippen LogP contribution in [0.5, 0.6) is 0 Å². The number of hydrazine groups is 1. The Labute approximate surface area is 159 Å². The molecule has 0 radical (unpaired) electrons. The van der Waals surface area contributed by atoms with Crippen molar-refractivity contribution < 1.29 is 4.39 Å². The molecule has 0 spiro atoms. The number of hydrogen-bond acceptors (Lipinski definition) is 4. The molecule has 7 heteroatoms. The maximum atomic E-state index is 14.2. The van der Waals surface area contributed by atoms with Crippen molar-refractivity contribution in [3.63, 3.8) is 0 Å². The Morgan fingerprint density at radius 2 is 2.16 bits per heavy atom. The van der Waals surface area contributed by atoms with E-state index in [1.54, 1.807) is 12.1 Å². The van der Waals surface area contributed by atoms with Crippen molar-refractivity contribution in [2.24, 2.45) is 5.84 Å². The first-order chi connectivity index (χ1) is 12.0. The van der Waals surface area contributed by atoms with Gasteiger partial charge in [-0.15, -0.1) is 0 Å². The van der Waals surface area contributed by atoms with Crippen molar-refractivity contribution in [1.82, 2.24) is 10.7 Å². The fourth-order valence-corrected chi connectivity index (χ4v) is 3.60. The molecule has 1 aliphatic rings. The number of anilines is 1. The van der Waals surface area contributed by atoms with E-state index in [0.29, 0.717) is 17.3 Å². The van der Waals surface area contributed by atoms with Crippen LogP contribution in [0.2, 0.25) is 5.02 Å². The summed E-state index contributed by atoms with van der Waals surface area (Å²) in [6.45, 7) is 2.63. The van der Waals surface area contributed by atoms with Crippen LogP contribution in [0.4, 0.5) is 10.1 Å². The van der Waals surface area contributed by atoms with Gasteiger partial charge in [-0.3, -0.25) is 5.84 Å². The molecule has 132 valence electrons. The Bertz CT molecular complexity index is 804. The summed E-state index contributed by atoms with van der Waals surface area (Å²) < 4.78 is 15.2. The van der Waals surface area contributed by atoms with Gasteiger partial charge in [0, 0.05) is 22.3 Å². The van der Waals surface area contributed by atoms with E-state index in [1.165, 1.54) is 6.07 Å². The highest BCUT2D eigenvalue weighted by molar-refractivity contribution is 9.10. The number of allylic oxidation sites excluding steroid dienone is 1. The van der Waals surface area contributed by atoms with E-state index in [4.69, 9.17) is 17.4 Å². The Hall–Kier alpha value is -1.76. The highest BCUT2D eigenvalue weighted by Crippen LogP contribution is 2.36. The maximum Gasteiger partial charge on any atom is 0.147 e. The van der Waals surface area contributed by atoms with Gasteiger partial charge in [0.25, 0.3) is 0 Å². The zero-order valence-corrected chi connectivity index (χ0v) is 16.0. The molecular formula is C18H19BrClFN4. The van der Waals surface area contributed by atoms with Crippen LogP contribution < -0.4 is 21.9 Å². The molecule has 1 aliphatic heterocycles. The van der Waals surface area contributed by atoms with E-state index >= 15 is 0 Å². The highest BCUT2D eigenvalue weighted by atomic mass is 79.9. The van der Waals surface area contributed by atoms with Gasteiger partial charge >= 0.3 is 0 Å². The van der Waals surface area contributed by atoms with E-state index in [-0.39, 0.29) is 11.9 Å². The van der Waals surface area contributed by atoms with Crippen LogP contribution in [0.15, 0.2) is 46.6 Å². The molecule has 0 saturated heterocycles. The molecular weight excluding hydrogens is 407 g/mol. The molecule has 0 aromatic heterocycles. The van der Waals surface area contributed by atoms with Crippen LogP contribution in [-0.4, -0.2) is 6.54 Å².